The summed E-state index contributed by atoms with van der Waals surface area (Å²) in [5.74, 6) is -0.103. The van der Waals surface area contributed by atoms with Crippen molar-refractivity contribution in [1.29, 1.82) is 0 Å². The highest BCUT2D eigenvalue weighted by Crippen LogP contribution is 2.39. The van der Waals surface area contributed by atoms with Crippen molar-refractivity contribution < 1.29 is 4.39 Å². The van der Waals surface area contributed by atoms with E-state index in [2.05, 4.69) is 24.1 Å². The Morgan fingerprint density at radius 1 is 1.39 bits per heavy atom. The van der Waals surface area contributed by atoms with Crippen LogP contribution in [0.2, 0.25) is 0 Å². The molecule has 1 atom stereocenters. The van der Waals surface area contributed by atoms with Crippen LogP contribution in [0.4, 0.5) is 4.39 Å². The molecule has 1 aromatic carbocycles. The minimum atomic E-state index is -0.103. The highest BCUT2D eigenvalue weighted by Gasteiger charge is 2.38. The summed E-state index contributed by atoms with van der Waals surface area (Å²) in [6, 6.07) is 5.77. The second-order valence-electron chi connectivity index (χ2n) is 6.08. The zero-order valence-corrected chi connectivity index (χ0v) is 11.2. The lowest BCUT2D eigenvalue weighted by atomic mass is 9.95. The zero-order valence-electron chi connectivity index (χ0n) is 11.2. The molecule has 0 saturated carbocycles. The van der Waals surface area contributed by atoms with Crippen LogP contribution in [0.15, 0.2) is 18.2 Å². The normalized spacial score (nSPS) is 27.2. The fourth-order valence-corrected chi connectivity index (χ4v) is 3.46. The van der Waals surface area contributed by atoms with Gasteiger partial charge in [0.25, 0.3) is 0 Å². The number of halogens is 1. The molecule has 1 saturated heterocycles. The number of rotatable bonds is 1. The minimum Gasteiger partial charge on any atom is -0.314 e. The Labute approximate surface area is 108 Å². The number of aryl methyl sites for hydroxylation is 1. The number of benzene rings is 1. The van der Waals surface area contributed by atoms with Gasteiger partial charge < -0.3 is 5.32 Å². The van der Waals surface area contributed by atoms with Crippen LogP contribution in [0.5, 0.6) is 0 Å². The molecule has 1 N–H and O–H groups in total. The number of nitrogens with zero attached hydrogens (tertiary/aromatic N) is 1. The van der Waals surface area contributed by atoms with Gasteiger partial charge in [0, 0.05) is 31.2 Å². The minimum absolute atomic E-state index is 0.103. The van der Waals surface area contributed by atoms with Gasteiger partial charge in [-0.25, -0.2) is 4.39 Å². The molecule has 1 unspecified atom stereocenters. The molecule has 3 heteroatoms. The summed E-state index contributed by atoms with van der Waals surface area (Å²) in [6.07, 6.45) is 2.14. The summed E-state index contributed by atoms with van der Waals surface area (Å²) < 4.78 is 13.3. The van der Waals surface area contributed by atoms with E-state index >= 15 is 0 Å². The molecule has 0 amide bonds. The topological polar surface area (TPSA) is 15.3 Å². The number of fused-ring (bicyclic) bond motifs is 1. The molecule has 0 spiro atoms. The van der Waals surface area contributed by atoms with Crippen molar-refractivity contribution in [3.63, 3.8) is 0 Å². The van der Waals surface area contributed by atoms with Crippen LogP contribution in [-0.4, -0.2) is 30.1 Å². The monoisotopic (exact) mass is 248 g/mol. The molecule has 18 heavy (non-hydrogen) atoms. The standard InChI is InChI=1S/C15H21FN2/c1-15(2)10-17-7-8-18(15)14-6-3-11-9-12(16)4-5-13(11)14/h4-5,9,14,17H,3,6-8,10H2,1-2H3. The van der Waals surface area contributed by atoms with Crippen molar-refractivity contribution in [3.8, 4) is 0 Å². The van der Waals surface area contributed by atoms with Crippen molar-refractivity contribution in [2.24, 2.45) is 0 Å². The number of nitrogens with one attached hydrogen (secondary N) is 1. The van der Waals surface area contributed by atoms with Crippen molar-refractivity contribution in [3.05, 3.63) is 35.1 Å². The van der Waals surface area contributed by atoms with E-state index in [9.17, 15) is 4.39 Å². The van der Waals surface area contributed by atoms with Crippen molar-refractivity contribution in [1.82, 2.24) is 10.2 Å². The van der Waals surface area contributed by atoms with Gasteiger partial charge in [-0.15, -0.1) is 0 Å². The molecule has 1 aromatic rings. The summed E-state index contributed by atoms with van der Waals surface area (Å²) in [5, 5.41) is 3.46. The van der Waals surface area contributed by atoms with Crippen LogP contribution in [0, 0.1) is 5.82 Å². The molecule has 1 fully saturated rings. The first kappa shape index (κ1) is 12.1. The molecule has 0 bridgehead atoms. The Morgan fingerprint density at radius 3 is 3.00 bits per heavy atom. The first-order chi connectivity index (χ1) is 8.58. The average Bonchev–Trinajstić information content (AvgIpc) is 2.71. The summed E-state index contributed by atoms with van der Waals surface area (Å²) in [6.45, 7) is 7.74. The maximum absolute atomic E-state index is 13.3. The molecule has 2 nitrogen and oxygen atoms in total. The summed E-state index contributed by atoms with van der Waals surface area (Å²) in [5.41, 5.74) is 2.72. The van der Waals surface area contributed by atoms with Gasteiger partial charge in [-0.3, -0.25) is 4.90 Å². The third-order valence-electron chi connectivity index (χ3n) is 4.39. The zero-order chi connectivity index (χ0) is 12.8. The molecule has 0 aromatic heterocycles. The van der Waals surface area contributed by atoms with E-state index in [4.69, 9.17) is 0 Å². The molecule has 0 radical (unpaired) electrons. The summed E-state index contributed by atoms with van der Waals surface area (Å²) >= 11 is 0. The highest BCUT2D eigenvalue weighted by atomic mass is 19.1. The Bertz CT molecular complexity index is 456. The Hall–Kier alpha value is -0.930. The second-order valence-corrected chi connectivity index (χ2v) is 6.08. The average molecular weight is 248 g/mol. The fourth-order valence-electron chi connectivity index (χ4n) is 3.46. The SMILES string of the molecule is CC1(C)CNCCN1C1CCc2cc(F)ccc21. The van der Waals surface area contributed by atoms with E-state index < -0.39 is 0 Å². The number of hydrogen-bond acceptors (Lipinski definition) is 2. The lowest BCUT2D eigenvalue weighted by Crippen LogP contribution is -2.58. The lowest BCUT2D eigenvalue weighted by Gasteiger charge is -2.46. The molecular weight excluding hydrogens is 227 g/mol. The van der Waals surface area contributed by atoms with Crippen molar-refractivity contribution in [2.45, 2.75) is 38.3 Å². The van der Waals surface area contributed by atoms with Crippen LogP contribution in [-0.2, 0) is 6.42 Å². The van der Waals surface area contributed by atoms with E-state index in [1.54, 1.807) is 12.1 Å². The third-order valence-corrected chi connectivity index (χ3v) is 4.39. The van der Waals surface area contributed by atoms with Crippen molar-refractivity contribution >= 4 is 0 Å². The summed E-state index contributed by atoms with van der Waals surface area (Å²) in [7, 11) is 0. The highest BCUT2D eigenvalue weighted by molar-refractivity contribution is 5.35. The van der Waals surface area contributed by atoms with E-state index in [1.165, 1.54) is 11.1 Å². The van der Waals surface area contributed by atoms with Crippen LogP contribution in [0.3, 0.4) is 0 Å². The van der Waals surface area contributed by atoms with Gasteiger partial charge >= 0.3 is 0 Å². The van der Waals surface area contributed by atoms with E-state index in [-0.39, 0.29) is 11.4 Å². The van der Waals surface area contributed by atoms with E-state index in [1.807, 2.05) is 6.07 Å². The van der Waals surface area contributed by atoms with Gasteiger partial charge in [0.05, 0.1) is 0 Å². The van der Waals surface area contributed by atoms with Gasteiger partial charge in [0.1, 0.15) is 5.82 Å². The summed E-state index contributed by atoms with van der Waals surface area (Å²) in [4.78, 5) is 2.59. The van der Waals surface area contributed by atoms with Crippen LogP contribution in [0.1, 0.15) is 37.4 Å². The van der Waals surface area contributed by atoms with Crippen LogP contribution < -0.4 is 5.32 Å². The van der Waals surface area contributed by atoms with Crippen LogP contribution in [0.25, 0.3) is 0 Å². The Morgan fingerprint density at radius 2 is 2.22 bits per heavy atom. The maximum Gasteiger partial charge on any atom is 0.123 e. The maximum atomic E-state index is 13.3. The first-order valence-corrected chi connectivity index (χ1v) is 6.84. The van der Waals surface area contributed by atoms with Gasteiger partial charge in [-0.1, -0.05) is 6.07 Å². The molecular formula is C15H21FN2. The Kier molecular flexibility index (Phi) is 2.91. The molecule has 1 aliphatic heterocycles. The molecule has 1 aliphatic carbocycles. The van der Waals surface area contributed by atoms with Gasteiger partial charge in [0.15, 0.2) is 0 Å². The molecule has 2 aliphatic rings. The van der Waals surface area contributed by atoms with Gasteiger partial charge in [0.2, 0.25) is 0 Å². The molecule has 98 valence electrons. The van der Waals surface area contributed by atoms with Gasteiger partial charge in [-0.2, -0.15) is 0 Å². The third kappa shape index (κ3) is 1.95. The number of hydrogen-bond donors (Lipinski definition) is 1. The van der Waals surface area contributed by atoms with Crippen molar-refractivity contribution in [2.75, 3.05) is 19.6 Å². The Balaban J connectivity index is 1.91. The van der Waals surface area contributed by atoms with E-state index in [0.717, 1.165) is 32.5 Å². The first-order valence-electron chi connectivity index (χ1n) is 6.84. The predicted molar refractivity (Wildman–Crippen MR) is 71.1 cm³/mol. The quantitative estimate of drug-likeness (QED) is 0.821. The van der Waals surface area contributed by atoms with Crippen LogP contribution >= 0.6 is 0 Å². The molecule has 1 heterocycles. The fraction of sp³-hybridized carbons (Fsp3) is 0.600. The molecule has 3 rings (SSSR count). The second kappa shape index (κ2) is 4.32. The predicted octanol–water partition coefficient (Wildman–Crippen LogP) is 2.50. The smallest absolute Gasteiger partial charge is 0.123 e. The lowest BCUT2D eigenvalue weighted by molar-refractivity contribution is 0.0446. The largest absolute Gasteiger partial charge is 0.314 e. The van der Waals surface area contributed by atoms with E-state index in [0.29, 0.717) is 6.04 Å². The number of piperazine rings is 1. The van der Waals surface area contributed by atoms with Gasteiger partial charge in [-0.05, 0) is 49.9 Å².